The standard InChI is InChI=1S/C12H11BrO3/c1-8(14)11(12(15)16-2)7-9-3-5-10(13)6-4-9/h3-7H,1-2H3/b11-7+. The van der Waals surface area contributed by atoms with Crippen LogP contribution < -0.4 is 0 Å². The molecule has 4 heteroatoms. The average Bonchev–Trinajstić information content (AvgIpc) is 2.27. The second kappa shape index (κ2) is 5.61. The highest BCUT2D eigenvalue weighted by Crippen LogP contribution is 2.14. The van der Waals surface area contributed by atoms with Crippen LogP contribution in [0.4, 0.5) is 0 Å². The van der Waals surface area contributed by atoms with Crippen molar-refractivity contribution in [2.75, 3.05) is 7.11 Å². The van der Waals surface area contributed by atoms with E-state index in [4.69, 9.17) is 0 Å². The first-order valence-corrected chi connectivity index (χ1v) is 5.40. The Bertz CT molecular complexity index is 432. The van der Waals surface area contributed by atoms with Crippen LogP contribution >= 0.6 is 15.9 Å². The lowest BCUT2D eigenvalue weighted by molar-refractivity contribution is -0.137. The Labute approximate surface area is 102 Å². The minimum absolute atomic E-state index is 0.0461. The number of halogens is 1. The highest BCUT2D eigenvalue weighted by molar-refractivity contribution is 9.10. The van der Waals surface area contributed by atoms with E-state index in [2.05, 4.69) is 20.7 Å². The van der Waals surface area contributed by atoms with Crippen molar-refractivity contribution >= 4 is 33.8 Å². The van der Waals surface area contributed by atoms with Gasteiger partial charge in [0.05, 0.1) is 7.11 Å². The van der Waals surface area contributed by atoms with Crippen molar-refractivity contribution < 1.29 is 14.3 Å². The highest BCUT2D eigenvalue weighted by Gasteiger charge is 2.14. The molecule has 84 valence electrons. The SMILES string of the molecule is COC(=O)/C(=C/c1ccc(Br)cc1)C(C)=O. The first-order valence-electron chi connectivity index (χ1n) is 4.61. The Hall–Kier alpha value is -1.42. The summed E-state index contributed by atoms with van der Waals surface area (Å²) >= 11 is 3.30. The molecule has 1 rings (SSSR count). The van der Waals surface area contributed by atoms with E-state index in [-0.39, 0.29) is 11.4 Å². The molecule has 0 aliphatic heterocycles. The van der Waals surface area contributed by atoms with Gasteiger partial charge in [-0.1, -0.05) is 28.1 Å². The van der Waals surface area contributed by atoms with Gasteiger partial charge in [-0.05, 0) is 30.7 Å². The maximum absolute atomic E-state index is 11.3. The number of rotatable bonds is 3. The Morgan fingerprint density at radius 3 is 2.25 bits per heavy atom. The number of ether oxygens (including phenoxy) is 1. The van der Waals surface area contributed by atoms with Crippen molar-refractivity contribution in [2.45, 2.75) is 6.92 Å². The number of benzene rings is 1. The zero-order valence-corrected chi connectivity index (χ0v) is 10.6. The fourth-order valence-corrected chi connectivity index (χ4v) is 1.40. The van der Waals surface area contributed by atoms with Gasteiger partial charge in [-0.15, -0.1) is 0 Å². The Kier molecular flexibility index (Phi) is 4.43. The second-order valence-electron chi connectivity index (χ2n) is 3.16. The van der Waals surface area contributed by atoms with Gasteiger partial charge in [0.2, 0.25) is 0 Å². The fourth-order valence-electron chi connectivity index (χ4n) is 1.14. The second-order valence-corrected chi connectivity index (χ2v) is 4.07. The number of carbonyl (C=O) groups excluding carboxylic acids is 2. The van der Waals surface area contributed by atoms with E-state index in [9.17, 15) is 9.59 Å². The molecule has 1 aromatic rings. The van der Waals surface area contributed by atoms with E-state index < -0.39 is 5.97 Å². The van der Waals surface area contributed by atoms with Gasteiger partial charge in [0, 0.05) is 4.47 Å². The molecule has 0 aromatic heterocycles. The lowest BCUT2D eigenvalue weighted by atomic mass is 10.1. The van der Waals surface area contributed by atoms with Crippen LogP contribution in [0.5, 0.6) is 0 Å². The first kappa shape index (κ1) is 12.6. The topological polar surface area (TPSA) is 43.4 Å². The van der Waals surface area contributed by atoms with E-state index in [1.54, 1.807) is 12.1 Å². The minimum atomic E-state index is -0.615. The van der Waals surface area contributed by atoms with E-state index in [1.165, 1.54) is 20.1 Å². The maximum atomic E-state index is 11.3. The minimum Gasteiger partial charge on any atom is -0.465 e. The summed E-state index contributed by atoms with van der Waals surface area (Å²) in [5, 5.41) is 0. The predicted molar refractivity (Wildman–Crippen MR) is 64.8 cm³/mol. The van der Waals surface area contributed by atoms with Gasteiger partial charge < -0.3 is 4.74 Å². The summed E-state index contributed by atoms with van der Waals surface area (Å²) in [6.45, 7) is 1.33. The lowest BCUT2D eigenvalue weighted by Crippen LogP contribution is -2.11. The molecule has 0 radical (unpaired) electrons. The van der Waals surface area contributed by atoms with E-state index in [0.717, 1.165) is 10.0 Å². The molecule has 0 amide bonds. The zero-order chi connectivity index (χ0) is 12.1. The summed E-state index contributed by atoms with van der Waals surface area (Å²) < 4.78 is 5.47. The molecule has 0 unspecified atom stereocenters. The Morgan fingerprint density at radius 2 is 1.81 bits per heavy atom. The molecule has 0 saturated heterocycles. The predicted octanol–water partition coefficient (Wildman–Crippen LogP) is 2.59. The van der Waals surface area contributed by atoms with Crippen molar-refractivity contribution in [3.63, 3.8) is 0 Å². The van der Waals surface area contributed by atoms with Crippen molar-refractivity contribution in [1.29, 1.82) is 0 Å². The van der Waals surface area contributed by atoms with Crippen LogP contribution in [0.3, 0.4) is 0 Å². The van der Waals surface area contributed by atoms with Gasteiger partial charge in [-0.3, -0.25) is 4.79 Å². The summed E-state index contributed by atoms with van der Waals surface area (Å²) in [4.78, 5) is 22.5. The number of ketones is 1. The third-order valence-corrected chi connectivity index (χ3v) is 2.49. The molecule has 0 N–H and O–H groups in total. The van der Waals surface area contributed by atoms with Crippen LogP contribution in [0.25, 0.3) is 6.08 Å². The van der Waals surface area contributed by atoms with Gasteiger partial charge in [0.15, 0.2) is 5.78 Å². The highest BCUT2D eigenvalue weighted by atomic mass is 79.9. The van der Waals surface area contributed by atoms with Crippen molar-refractivity contribution in [1.82, 2.24) is 0 Å². The number of esters is 1. The fraction of sp³-hybridized carbons (Fsp3) is 0.167. The maximum Gasteiger partial charge on any atom is 0.341 e. The van der Waals surface area contributed by atoms with Crippen molar-refractivity contribution in [3.8, 4) is 0 Å². The molecule has 0 atom stereocenters. The summed E-state index contributed by atoms with van der Waals surface area (Å²) in [7, 11) is 1.25. The van der Waals surface area contributed by atoms with Gasteiger partial charge in [-0.2, -0.15) is 0 Å². The monoisotopic (exact) mass is 282 g/mol. The van der Waals surface area contributed by atoms with Crippen LogP contribution in [0.15, 0.2) is 34.3 Å². The molecule has 16 heavy (non-hydrogen) atoms. The first-order chi connectivity index (χ1) is 7.54. The number of Topliss-reactive ketones (excluding diaryl/α,β-unsaturated/α-hetero) is 1. The number of hydrogen-bond donors (Lipinski definition) is 0. The molecule has 0 aliphatic carbocycles. The third-order valence-electron chi connectivity index (χ3n) is 1.97. The zero-order valence-electron chi connectivity index (χ0n) is 8.99. The van der Waals surface area contributed by atoms with Crippen molar-refractivity contribution in [2.24, 2.45) is 0 Å². The summed E-state index contributed by atoms with van der Waals surface area (Å²) in [5.74, 6) is -0.926. The van der Waals surface area contributed by atoms with Gasteiger partial charge in [0.1, 0.15) is 5.57 Å². The molecule has 0 saturated carbocycles. The summed E-state index contributed by atoms with van der Waals surface area (Å²) in [6, 6.07) is 7.27. The normalized spacial score (nSPS) is 11.1. The number of carbonyl (C=O) groups is 2. The van der Waals surface area contributed by atoms with Crippen LogP contribution in [0.2, 0.25) is 0 Å². The molecular formula is C12H11BrO3. The number of hydrogen-bond acceptors (Lipinski definition) is 3. The van der Waals surface area contributed by atoms with E-state index >= 15 is 0 Å². The third kappa shape index (κ3) is 3.31. The average molecular weight is 283 g/mol. The summed E-state index contributed by atoms with van der Waals surface area (Å²) in [6.07, 6.45) is 1.51. The molecule has 0 aliphatic rings. The van der Waals surface area contributed by atoms with Gasteiger partial charge >= 0.3 is 5.97 Å². The quantitative estimate of drug-likeness (QED) is 0.370. The van der Waals surface area contributed by atoms with Crippen molar-refractivity contribution in [3.05, 3.63) is 39.9 Å². The largest absolute Gasteiger partial charge is 0.465 e. The van der Waals surface area contributed by atoms with Crippen LogP contribution in [-0.4, -0.2) is 18.9 Å². The molecule has 3 nitrogen and oxygen atoms in total. The molecule has 1 aromatic carbocycles. The molecule has 0 fully saturated rings. The lowest BCUT2D eigenvalue weighted by Gasteiger charge is -2.01. The van der Waals surface area contributed by atoms with Crippen LogP contribution in [-0.2, 0) is 14.3 Å². The van der Waals surface area contributed by atoms with Gasteiger partial charge in [-0.25, -0.2) is 4.79 Å². The van der Waals surface area contributed by atoms with Crippen LogP contribution in [0, 0.1) is 0 Å². The van der Waals surface area contributed by atoms with E-state index in [1.807, 2.05) is 12.1 Å². The van der Waals surface area contributed by atoms with E-state index in [0.29, 0.717) is 0 Å². The smallest absolute Gasteiger partial charge is 0.341 e. The Balaban J connectivity index is 3.07. The Morgan fingerprint density at radius 1 is 1.25 bits per heavy atom. The molecule has 0 heterocycles. The van der Waals surface area contributed by atoms with Crippen LogP contribution in [0.1, 0.15) is 12.5 Å². The van der Waals surface area contributed by atoms with Gasteiger partial charge in [0.25, 0.3) is 0 Å². The molecular weight excluding hydrogens is 272 g/mol. The number of methoxy groups -OCH3 is 1. The molecule has 0 bridgehead atoms. The summed E-state index contributed by atoms with van der Waals surface area (Å²) in [5.41, 5.74) is 0.823. The molecule has 0 spiro atoms.